The molecule has 3 nitrogen and oxygen atoms in total. The van der Waals surface area contributed by atoms with Crippen LogP contribution in [0.4, 0.5) is 13.2 Å². The highest BCUT2D eigenvalue weighted by atomic mass is 19.4. The van der Waals surface area contributed by atoms with Crippen LogP contribution >= 0.6 is 0 Å². The molecular formula is C14H15F3O3. The molecule has 1 aliphatic carbocycles. The molecule has 0 spiro atoms. The van der Waals surface area contributed by atoms with Gasteiger partial charge in [-0.15, -0.1) is 0 Å². The van der Waals surface area contributed by atoms with E-state index in [0.717, 1.165) is 18.6 Å². The number of carboxylic acids is 1. The largest absolute Gasteiger partial charge is 0.507 e. The lowest BCUT2D eigenvalue weighted by atomic mass is 9.69. The Morgan fingerprint density at radius 2 is 1.75 bits per heavy atom. The van der Waals surface area contributed by atoms with Gasteiger partial charge in [0, 0.05) is 5.56 Å². The summed E-state index contributed by atoms with van der Waals surface area (Å²) in [5.41, 5.74) is -2.72. The SMILES string of the molecule is O=C(O)C1(c2cccc(C(F)(F)F)c2O)CCCCC1. The Morgan fingerprint density at radius 1 is 1.15 bits per heavy atom. The number of hydrogen-bond acceptors (Lipinski definition) is 2. The Labute approximate surface area is 114 Å². The zero-order valence-corrected chi connectivity index (χ0v) is 10.7. The molecule has 0 unspecified atom stereocenters. The average molecular weight is 288 g/mol. The molecule has 0 heterocycles. The molecule has 0 atom stereocenters. The van der Waals surface area contributed by atoms with Crippen LogP contribution in [-0.4, -0.2) is 16.2 Å². The standard InChI is InChI=1S/C14H15F3O3/c15-14(16,17)10-6-4-5-9(11(10)18)13(12(19)20)7-2-1-3-8-13/h4-6,18H,1-3,7-8H2,(H,19,20). The number of carboxylic acid groups (broad SMARTS) is 1. The van der Waals surface area contributed by atoms with Crippen LogP contribution in [0.5, 0.6) is 5.75 Å². The predicted octanol–water partition coefficient (Wildman–Crippen LogP) is 3.70. The van der Waals surface area contributed by atoms with Crippen LogP contribution in [0.1, 0.15) is 43.2 Å². The maximum atomic E-state index is 12.8. The number of para-hydroxylation sites is 1. The number of phenolic OH excluding ortho intramolecular Hbond substituents is 1. The summed E-state index contributed by atoms with van der Waals surface area (Å²) in [6, 6.07) is 3.19. The third-order valence-corrected chi connectivity index (χ3v) is 3.97. The molecule has 1 saturated carbocycles. The molecule has 1 aliphatic rings. The third-order valence-electron chi connectivity index (χ3n) is 3.97. The van der Waals surface area contributed by atoms with Gasteiger partial charge in [0.05, 0.1) is 11.0 Å². The van der Waals surface area contributed by atoms with Crippen LogP contribution in [0.3, 0.4) is 0 Å². The molecule has 0 amide bonds. The molecule has 2 N–H and O–H groups in total. The number of hydrogen-bond donors (Lipinski definition) is 2. The first-order valence-corrected chi connectivity index (χ1v) is 6.42. The van der Waals surface area contributed by atoms with Crippen LogP contribution in [0.2, 0.25) is 0 Å². The van der Waals surface area contributed by atoms with E-state index in [0.29, 0.717) is 12.8 Å². The van der Waals surface area contributed by atoms with Gasteiger partial charge in [-0.25, -0.2) is 0 Å². The maximum Gasteiger partial charge on any atom is 0.419 e. The number of benzene rings is 1. The Kier molecular flexibility index (Phi) is 3.67. The minimum atomic E-state index is -4.70. The molecule has 0 aliphatic heterocycles. The summed E-state index contributed by atoms with van der Waals surface area (Å²) in [4.78, 5) is 11.6. The van der Waals surface area contributed by atoms with Crippen molar-refractivity contribution in [3.05, 3.63) is 29.3 Å². The van der Waals surface area contributed by atoms with Gasteiger partial charge < -0.3 is 10.2 Å². The normalized spacial score (nSPS) is 18.8. The van der Waals surface area contributed by atoms with Crippen molar-refractivity contribution in [2.75, 3.05) is 0 Å². The average Bonchev–Trinajstić information content (AvgIpc) is 2.38. The van der Waals surface area contributed by atoms with Crippen LogP contribution in [0.25, 0.3) is 0 Å². The van der Waals surface area contributed by atoms with Crippen molar-refractivity contribution in [1.82, 2.24) is 0 Å². The molecule has 110 valence electrons. The summed E-state index contributed by atoms with van der Waals surface area (Å²) >= 11 is 0. The molecule has 20 heavy (non-hydrogen) atoms. The molecule has 2 rings (SSSR count). The lowest BCUT2D eigenvalue weighted by Gasteiger charge is -2.34. The number of aliphatic carboxylic acids is 1. The van der Waals surface area contributed by atoms with Gasteiger partial charge in [-0.3, -0.25) is 4.79 Å². The molecule has 1 aromatic rings. The van der Waals surface area contributed by atoms with Crippen LogP contribution in [0, 0.1) is 0 Å². The monoisotopic (exact) mass is 288 g/mol. The summed E-state index contributed by atoms with van der Waals surface area (Å²) in [6.07, 6.45) is -2.10. The Balaban J connectivity index is 2.58. The summed E-state index contributed by atoms with van der Waals surface area (Å²) in [5.74, 6) is -2.13. The summed E-state index contributed by atoms with van der Waals surface area (Å²) in [6.45, 7) is 0. The molecule has 0 bridgehead atoms. The Hall–Kier alpha value is -1.72. The van der Waals surface area contributed by atoms with E-state index in [1.165, 1.54) is 6.07 Å². The van der Waals surface area contributed by atoms with E-state index in [-0.39, 0.29) is 18.4 Å². The zero-order chi connectivity index (χ0) is 15.0. The quantitative estimate of drug-likeness (QED) is 0.872. The second-order valence-electron chi connectivity index (χ2n) is 5.15. The van der Waals surface area contributed by atoms with Gasteiger partial charge in [-0.1, -0.05) is 31.4 Å². The van der Waals surface area contributed by atoms with E-state index in [9.17, 15) is 28.2 Å². The number of alkyl halides is 3. The van der Waals surface area contributed by atoms with Crippen molar-refractivity contribution in [2.45, 2.75) is 43.7 Å². The number of rotatable bonds is 2. The van der Waals surface area contributed by atoms with Gasteiger partial charge in [-0.05, 0) is 18.9 Å². The van der Waals surface area contributed by atoms with Gasteiger partial charge in [-0.2, -0.15) is 13.2 Å². The van der Waals surface area contributed by atoms with Gasteiger partial charge in [0.25, 0.3) is 0 Å². The molecule has 6 heteroatoms. The number of aromatic hydroxyl groups is 1. The van der Waals surface area contributed by atoms with E-state index in [1.54, 1.807) is 0 Å². The van der Waals surface area contributed by atoms with E-state index < -0.39 is 28.9 Å². The fourth-order valence-electron chi connectivity index (χ4n) is 2.91. The number of halogens is 3. The minimum Gasteiger partial charge on any atom is -0.507 e. The van der Waals surface area contributed by atoms with Gasteiger partial charge in [0.15, 0.2) is 0 Å². The van der Waals surface area contributed by atoms with Crippen LogP contribution < -0.4 is 0 Å². The van der Waals surface area contributed by atoms with Crippen molar-refractivity contribution in [2.24, 2.45) is 0 Å². The highest BCUT2D eigenvalue weighted by Crippen LogP contribution is 2.47. The molecular weight excluding hydrogens is 273 g/mol. The lowest BCUT2D eigenvalue weighted by Crippen LogP contribution is -2.38. The predicted molar refractivity (Wildman–Crippen MR) is 65.5 cm³/mol. The van der Waals surface area contributed by atoms with Crippen LogP contribution in [-0.2, 0) is 16.4 Å². The van der Waals surface area contributed by atoms with E-state index in [2.05, 4.69) is 0 Å². The van der Waals surface area contributed by atoms with Crippen molar-refractivity contribution >= 4 is 5.97 Å². The minimum absolute atomic E-state index is 0.125. The number of carbonyl (C=O) groups is 1. The van der Waals surface area contributed by atoms with Gasteiger partial charge >= 0.3 is 12.1 Å². The molecule has 0 saturated heterocycles. The maximum absolute atomic E-state index is 12.8. The first kappa shape index (κ1) is 14.7. The zero-order valence-electron chi connectivity index (χ0n) is 10.7. The highest BCUT2D eigenvalue weighted by molar-refractivity contribution is 5.83. The van der Waals surface area contributed by atoms with Crippen molar-refractivity contribution in [3.8, 4) is 5.75 Å². The third kappa shape index (κ3) is 2.34. The van der Waals surface area contributed by atoms with Gasteiger partial charge in [0.1, 0.15) is 5.75 Å². The fourth-order valence-corrected chi connectivity index (χ4v) is 2.91. The Morgan fingerprint density at radius 3 is 2.25 bits per heavy atom. The number of phenols is 1. The Bertz CT molecular complexity index is 517. The van der Waals surface area contributed by atoms with Gasteiger partial charge in [0.2, 0.25) is 0 Å². The van der Waals surface area contributed by atoms with E-state index >= 15 is 0 Å². The topological polar surface area (TPSA) is 57.5 Å². The van der Waals surface area contributed by atoms with Crippen molar-refractivity contribution in [3.63, 3.8) is 0 Å². The van der Waals surface area contributed by atoms with Crippen molar-refractivity contribution < 1.29 is 28.2 Å². The summed E-state index contributed by atoms with van der Waals surface area (Å²) in [5, 5.41) is 19.4. The van der Waals surface area contributed by atoms with Crippen LogP contribution in [0.15, 0.2) is 18.2 Å². The van der Waals surface area contributed by atoms with E-state index in [1.807, 2.05) is 0 Å². The molecule has 1 aromatic carbocycles. The van der Waals surface area contributed by atoms with Crippen molar-refractivity contribution in [1.29, 1.82) is 0 Å². The lowest BCUT2D eigenvalue weighted by molar-refractivity contribution is -0.146. The molecule has 0 aromatic heterocycles. The second kappa shape index (κ2) is 5.00. The first-order valence-electron chi connectivity index (χ1n) is 6.42. The molecule has 1 fully saturated rings. The second-order valence-corrected chi connectivity index (χ2v) is 5.15. The summed E-state index contributed by atoms with van der Waals surface area (Å²) < 4.78 is 38.4. The fraction of sp³-hybridized carbons (Fsp3) is 0.500. The smallest absolute Gasteiger partial charge is 0.419 e. The summed E-state index contributed by atoms with van der Waals surface area (Å²) in [7, 11) is 0. The van der Waals surface area contributed by atoms with E-state index in [4.69, 9.17) is 0 Å². The highest BCUT2D eigenvalue weighted by Gasteiger charge is 2.45. The molecule has 0 radical (unpaired) electrons. The first-order chi connectivity index (χ1) is 9.29.